The van der Waals surface area contributed by atoms with Gasteiger partial charge in [0.25, 0.3) is 0 Å². The van der Waals surface area contributed by atoms with Gasteiger partial charge >= 0.3 is 0 Å². The van der Waals surface area contributed by atoms with Crippen molar-refractivity contribution in [1.29, 1.82) is 0 Å². The van der Waals surface area contributed by atoms with Crippen molar-refractivity contribution in [3.63, 3.8) is 0 Å². The fourth-order valence-electron chi connectivity index (χ4n) is 5.28. The van der Waals surface area contributed by atoms with Crippen LogP contribution in [0.15, 0.2) is 36.4 Å². The quantitative estimate of drug-likeness (QED) is 0.801. The van der Waals surface area contributed by atoms with Crippen LogP contribution in [0.3, 0.4) is 0 Å². The van der Waals surface area contributed by atoms with Crippen LogP contribution in [0.1, 0.15) is 56.1 Å². The maximum atomic E-state index is 5.90. The molecule has 2 aromatic rings. The van der Waals surface area contributed by atoms with Crippen molar-refractivity contribution in [2.75, 3.05) is 6.54 Å². The van der Waals surface area contributed by atoms with Crippen LogP contribution in [-0.2, 0) is 11.8 Å². The lowest BCUT2D eigenvalue weighted by Crippen LogP contribution is -2.37. The van der Waals surface area contributed by atoms with Crippen LogP contribution in [0, 0.1) is 5.92 Å². The topological polar surface area (TPSA) is 26.0 Å². The van der Waals surface area contributed by atoms with Gasteiger partial charge in [-0.3, -0.25) is 0 Å². The monoisotopic (exact) mass is 329 g/mol. The van der Waals surface area contributed by atoms with E-state index in [1.165, 1.54) is 50.3 Å². The van der Waals surface area contributed by atoms with Crippen molar-refractivity contribution in [1.82, 2.24) is 0 Å². The van der Waals surface area contributed by atoms with Crippen LogP contribution in [0.4, 0.5) is 0 Å². The van der Waals surface area contributed by atoms with Crippen molar-refractivity contribution in [2.45, 2.75) is 56.8 Å². The molecular formula is C21H28ClN. The Bertz CT molecular complexity index is 669. The standard InChI is InChI=1S/C21H27N.ClH/c22-14-6-13-21(18-10-2-1-3-11-18)15-17-9-4-7-16-8-5-12-19(21)20(16)17;/h4-5,7-9,12,18H,1-3,6,10-11,13-15,22H2;1H. The zero-order valence-electron chi connectivity index (χ0n) is 13.9. The Morgan fingerprint density at radius 1 is 1.00 bits per heavy atom. The number of hydrogen-bond acceptors (Lipinski definition) is 1. The summed E-state index contributed by atoms with van der Waals surface area (Å²) in [6.07, 6.45) is 10.8. The third-order valence-electron chi connectivity index (χ3n) is 6.25. The average Bonchev–Trinajstić information content (AvgIpc) is 2.91. The van der Waals surface area contributed by atoms with Gasteiger partial charge in [-0.05, 0) is 66.5 Å². The predicted molar refractivity (Wildman–Crippen MR) is 101 cm³/mol. The summed E-state index contributed by atoms with van der Waals surface area (Å²) in [5.74, 6) is 0.853. The van der Waals surface area contributed by atoms with Crippen LogP contribution >= 0.6 is 12.4 Å². The maximum absolute atomic E-state index is 5.90. The Balaban J connectivity index is 0.00000156. The van der Waals surface area contributed by atoms with Gasteiger partial charge in [0.05, 0.1) is 0 Å². The summed E-state index contributed by atoms with van der Waals surface area (Å²) < 4.78 is 0. The summed E-state index contributed by atoms with van der Waals surface area (Å²) in [4.78, 5) is 0. The molecule has 0 aliphatic heterocycles. The second-order valence-corrected chi connectivity index (χ2v) is 7.38. The van der Waals surface area contributed by atoms with Crippen molar-refractivity contribution in [2.24, 2.45) is 11.7 Å². The Labute approximate surface area is 146 Å². The Morgan fingerprint density at radius 3 is 2.48 bits per heavy atom. The van der Waals surface area contributed by atoms with E-state index in [1.807, 2.05) is 0 Å². The molecule has 2 N–H and O–H groups in total. The van der Waals surface area contributed by atoms with Crippen LogP contribution < -0.4 is 5.73 Å². The van der Waals surface area contributed by atoms with Gasteiger partial charge in [0, 0.05) is 5.41 Å². The van der Waals surface area contributed by atoms with Gasteiger partial charge in [-0.15, -0.1) is 12.4 Å². The number of rotatable bonds is 4. The Hall–Kier alpha value is -1.05. The number of nitrogens with two attached hydrogens (primary N) is 1. The second kappa shape index (κ2) is 6.83. The van der Waals surface area contributed by atoms with Crippen LogP contribution in [-0.4, -0.2) is 6.54 Å². The van der Waals surface area contributed by atoms with Crippen molar-refractivity contribution < 1.29 is 0 Å². The van der Waals surface area contributed by atoms with Crippen LogP contribution in [0.25, 0.3) is 10.8 Å². The molecule has 0 heterocycles. The molecule has 4 rings (SSSR count). The minimum atomic E-state index is 0. The van der Waals surface area contributed by atoms with E-state index in [0.29, 0.717) is 5.41 Å². The molecule has 0 saturated heterocycles. The highest BCUT2D eigenvalue weighted by Gasteiger charge is 2.44. The number of hydrogen-bond donors (Lipinski definition) is 1. The summed E-state index contributed by atoms with van der Waals surface area (Å²) >= 11 is 0. The van der Waals surface area contributed by atoms with E-state index in [9.17, 15) is 0 Å². The van der Waals surface area contributed by atoms with Crippen LogP contribution in [0.5, 0.6) is 0 Å². The first-order chi connectivity index (χ1) is 10.8. The normalized spacial score (nSPS) is 23.9. The minimum absolute atomic E-state index is 0. The Kier molecular flexibility index (Phi) is 4.98. The molecule has 0 radical (unpaired) electrons. The summed E-state index contributed by atoms with van der Waals surface area (Å²) in [5.41, 5.74) is 9.48. The van der Waals surface area contributed by atoms with Gasteiger partial charge in [-0.1, -0.05) is 55.7 Å². The lowest BCUT2D eigenvalue weighted by atomic mass is 9.63. The molecule has 0 amide bonds. The first kappa shape index (κ1) is 16.8. The van der Waals surface area contributed by atoms with Crippen molar-refractivity contribution in [3.05, 3.63) is 47.5 Å². The smallest absolute Gasteiger partial charge is 0.00285 e. The number of benzene rings is 2. The molecule has 23 heavy (non-hydrogen) atoms. The zero-order valence-corrected chi connectivity index (χ0v) is 14.7. The summed E-state index contributed by atoms with van der Waals surface area (Å²) in [7, 11) is 0. The highest BCUT2D eigenvalue weighted by Crippen LogP contribution is 2.53. The summed E-state index contributed by atoms with van der Waals surface area (Å²) in [5, 5.41) is 2.99. The van der Waals surface area contributed by atoms with E-state index in [2.05, 4.69) is 36.4 Å². The van der Waals surface area contributed by atoms with E-state index < -0.39 is 0 Å². The third kappa shape index (κ3) is 2.68. The predicted octanol–water partition coefficient (Wildman–Crippen LogP) is 5.37. The van der Waals surface area contributed by atoms with Gasteiger partial charge in [0.1, 0.15) is 0 Å². The second-order valence-electron chi connectivity index (χ2n) is 7.38. The largest absolute Gasteiger partial charge is 0.330 e. The highest BCUT2D eigenvalue weighted by molar-refractivity contribution is 5.92. The molecule has 2 heteroatoms. The van der Waals surface area contributed by atoms with E-state index in [0.717, 1.165) is 18.9 Å². The fraction of sp³-hybridized carbons (Fsp3) is 0.524. The first-order valence-electron chi connectivity index (χ1n) is 9.06. The molecule has 2 aliphatic carbocycles. The highest BCUT2D eigenvalue weighted by atomic mass is 35.5. The molecular weight excluding hydrogens is 302 g/mol. The lowest BCUT2D eigenvalue weighted by molar-refractivity contribution is 0.190. The van der Waals surface area contributed by atoms with E-state index in [1.54, 1.807) is 16.5 Å². The molecule has 2 aliphatic rings. The van der Waals surface area contributed by atoms with Crippen molar-refractivity contribution >= 4 is 23.2 Å². The van der Waals surface area contributed by atoms with E-state index >= 15 is 0 Å². The van der Waals surface area contributed by atoms with Crippen molar-refractivity contribution in [3.8, 4) is 0 Å². The van der Waals surface area contributed by atoms with E-state index in [4.69, 9.17) is 5.73 Å². The molecule has 0 spiro atoms. The molecule has 1 saturated carbocycles. The molecule has 1 fully saturated rings. The summed E-state index contributed by atoms with van der Waals surface area (Å²) in [6, 6.07) is 13.8. The van der Waals surface area contributed by atoms with E-state index in [-0.39, 0.29) is 12.4 Å². The zero-order chi connectivity index (χ0) is 15.0. The van der Waals surface area contributed by atoms with Gasteiger partial charge in [-0.25, -0.2) is 0 Å². The minimum Gasteiger partial charge on any atom is -0.330 e. The van der Waals surface area contributed by atoms with Gasteiger partial charge < -0.3 is 5.73 Å². The van der Waals surface area contributed by atoms with Gasteiger partial charge in [0.2, 0.25) is 0 Å². The third-order valence-corrected chi connectivity index (χ3v) is 6.25. The molecule has 2 aromatic carbocycles. The molecule has 124 valence electrons. The number of halogens is 1. The SMILES string of the molecule is Cl.NCCCC1(C2CCCCC2)Cc2cccc3cccc1c23. The Morgan fingerprint density at radius 2 is 1.74 bits per heavy atom. The molecule has 1 unspecified atom stereocenters. The van der Waals surface area contributed by atoms with Crippen LogP contribution in [0.2, 0.25) is 0 Å². The molecule has 0 aromatic heterocycles. The van der Waals surface area contributed by atoms with Gasteiger partial charge in [-0.2, -0.15) is 0 Å². The lowest BCUT2D eigenvalue weighted by Gasteiger charge is -2.41. The maximum Gasteiger partial charge on any atom is 0.00285 e. The fourth-order valence-corrected chi connectivity index (χ4v) is 5.28. The molecule has 0 bridgehead atoms. The summed E-state index contributed by atoms with van der Waals surface area (Å²) in [6.45, 7) is 0.820. The first-order valence-corrected chi connectivity index (χ1v) is 9.06. The average molecular weight is 330 g/mol. The molecule has 1 atom stereocenters. The van der Waals surface area contributed by atoms with Gasteiger partial charge in [0.15, 0.2) is 0 Å². The molecule has 1 nitrogen and oxygen atoms in total.